The van der Waals surface area contributed by atoms with E-state index < -0.39 is 10.0 Å². The molecule has 0 spiro atoms. The molecule has 0 fully saturated rings. The van der Waals surface area contributed by atoms with Gasteiger partial charge in [0.05, 0.1) is 18.5 Å². The zero-order valence-electron chi connectivity index (χ0n) is 8.56. The molecule has 6 nitrogen and oxygen atoms in total. The minimum absolute atomic E-state index is 0.0645. The van der Waals surface area contributed by atoms with Crippen molar-refractivity contribution < 1.29 is 12.9 Å². The molecule has 0 aliphatic carbocycles. The van der Waals surface area contributed by atoms with E-state index in [1.807, 2.05) is 6.92 Å². The standard InChI is InChI=1S/C8H15N3O3S/c1-2-9-5-6-15(12,13)11-7-8-3-4-10-14-8/h3-4,9,11H,2,5-7H2,1H3. The third-order valence-electron chi connectivity index (χ3n) is 1.76. The van der Waals surface area contributed by atoms with Gasteiger partial charge in [0, 0.05) is 12.6 Å². The molecule has 0 radical (unpaired) electrons. The molecule has 0 aliphatic rings. The Bertz CT molecular complexity index is 360. The van der Waals surface area contributed by atoms with Crippen LogP contribution in [0.1, 0.15) is 12.7 Å². The third kappa shape index (κ3) is 4.91. The van der Waals surface area contributed by atoms with E-state index in [9.17, 15) is 8.42 Å². The maximum Gasteiger partial charge on any atom is 0.213 e. The summed E-state index contributed by atoms with van der Waals surface area (Å²) < 4.78 is 30.0. The maximum atomic E-state index is 11.4. The number of hydrogen-bond donors (Lipinski definition) is 2. The Morgan fingerprint density at radius 3 is 2.93 bits per heavy atom. The van der Waals surface area contributed by atoms with Gasteiger partial charge in [0.2, 0.25) is 10.0 Å². The van der Waals surface area contributed by atoms with Crippen LogP contribution in [-0.2, 0) is 16.6 Å². The Morgan fingerprint density at radius 1 is 1.53 bits per heavy atom. The lowest BCUT2D eigenvalue weighted by atomic mass is 10.5. The molecule has 0 bridgehead atoms. The summed E-state index contributed by atoms with van der Waals surface area (Å²) in [4.78, 5) is 0. The Balaban J connectivity index is 2.30. The van der Waals surface area contributed by atoms with Gasteiger partial charge in [-0.15, -0.1) is 0 Å². The van der Waals surface area contributed by atoms with Gasteiger partial charge >= 0.3 is 0 Å². The van der Waals surface area contributed by atoms with Crippen LogP contribution >= 0.6 is 0 Å². The molecule has 1 rings (SSSR count). The summed E-state index contributed by atoms with van der Waals surface area (Å²) >= 11 is 0. The number of sulfonamides is 1. The lowest BCUT2D eigenvalue weighted by molar-refractivity contribution is 0.380. The van der Waals surface area contributed by atoms with E-state index in [0.717, 1.165) is 6.54 Å². The van der Waals surface area contributed by atoms with Crippen molar-refractivity contribution in [3.05, 3.63) is 18.0 Å². The van der Waals surface area contributed by atoms with Crippen LogP contribution in [0.3, 0.4) is 0 Å². The van der Waals surface area contributed by atoms with Crippen LogP contribution in [0.4, 0.5) is 0 Å². The normalized spacial score (nSPS) is 11.8. The van der Waals surface area contributed by atoms with Crippen molar-refractivity contribution in [2.75, 3.05) is 18.8 Å². The Morgan fingerprint density at radius 2 is 2.33 bits per heavy atom. The highest BCUT2D eigenvalue weighted by Gasteiger charge is 2.09. The lowest BCUT2D eigenvalue weighted by Gasteiger charge is -2.04. The van der Waals surface area contributed by atoms with Crippen LogP contribution in [0.5, 0.6) is 0 Å². The van der Waals surface area contributed by atoms with Crippen molar-refractivity contribution in [3.63, 3.8) is 0 Å². The van der Waals surface area contributed by atoms with Crippen molar-refractivity contribution in [3.8, 4) is 0 Å². The van der Waals surface area contributed by atoms with Crippen molar-refractivity contribution in [1.29, 1.82) is 0 Å². The van der Waals surface area contributed by atoms with E-state index in [4.69, 9.17) is 4.52 Å². The largest absolute Gasteiger partial charge is 0.360 e. The number of nitrogens with one attached hydrogen (secondary N) is 2. The first-order chi connectivity index (χ1) is 7.14. The molecule has 0 aliphatic heterocycles. The average molecular weight is 233 g/mol. The molecule has 7 heteroatoms. The highest BCUT2D eigenvalue weighted by atomic mass is 32.2. The Labute approximate surface area is 89.1 Å². The van der Waals surface area contributed by atoms with Crippen LogP contribution in [0.2, 0.25) is 0 Å². The number of nitrogens with zero attached hydrogens (tertiary/aromatic N) is 1. The molecule has 0 saturated carbocycles. The second-order valence-corrected chi connectivity index (χ2v) is 4.90. The Hall–Kier alpha value is -0.920. The molecule has 1 heterocycles. The minimum Gasteiger partial charge on any atom is -0.360 e. The fourth-order valence-electron chi connectivity index (χ4n) is 0.970. The molecule has 86 valence electrons. The zero-order valence-corrected chi connectivity index (χ0v) is 9.38. The van der Waals surface area contributed by atoms with Gasteiger partial charge in [0.15, 0.2) is 5.76 Å². The highest BCUT2D eigenvalue weighted by Crippen LogP contribution is 1.96. The van der Waals surface area contributed by atoms with Gasteiger partial charge in [0.25, 0.3) is 0 Å². The summed E-state index contributed by atoms with van der Waals surface area (Å²) in [6.07, 6.45) is 1.47. The summed E-state index contributed by atoms with van der Waals surface area (Å²) in [6.45, 7) is 3.28. The number of aromatic nitrogens is 1. The summed E-state index contributed by atoms with van der Waals surface area (Å²) in [5, 5.41) is 6.42. The monoisotopic (exact) mass is 233 g/mol. The van der Waals surface area contributed by atoms with E-state index in [0.29, 0.717) is 12.3 Å². The first-order valence-corrected chi connectivity index (χ1v) is 6.37. The molecule has 0 saturated heterocycles. The first kappa shape index (κ1) is 12.2. The van der Waals surface area contributed by atoms with Gasteiger partial charge < -0.3 is 9.84 Å². The molecular formula is C8H15N3O3S. The van der Waals surface area contributed by atoms with Gasteiger partial charge in [-0.25, -0.2) is 13.1 Å². The van der Waals surface area contributed by atoms with Gasteiger partial charge in [-0.3, -0.25) is 0 Å². The fraction of sp³-hybridized carbons (Fsp3) is 0.625. The van der Waals surface area contributed by atoms with E-state index in [1.54, 1.807) is 6.07 Å². The molecule has 0 unspecified atom stereocenters. The van der Waals surface area contributed by atoms with Gasteiger partial charge in [-0.1, -0.05) is 12.1 Å². The SMILES string of the molecule is CCNCCS(=O)(=O)NCc1ccno1. The minimum atomic E-state index is -3.23. The summed E-state index contributed by atoms with van der Waals surface area (Å²) in [5.74, 6) is 0.566. The second-order valence-electron chi connectivity index (χ2n) is 2.97. The molecule has 15 heavy (non-hydrogen) atoms. The maximum absolute atomic E-state index is 11.4. The van der Waals surface area contributed by atoms with Crippen LogP contribution in [0.15, 0.2) is 16.8 Å². The van der Waals surface area contributed by atoms with Gasteiger partial charge in [-0.05, 0) is 6.54 Å². The van der Waals surface area contributed by atoms with Gasteiger partial charge in [0.1, 0.15) is 0 Å². The summed E-state index contributed by atoms with van der Waals surface area (Å²) in [7, 11) is -3.23. The fourth-order valence-corrected chi connectivity index (χ4v) is 1.89. The van der Waals surface area contributed by atoms with E-state index in [2.05, 4.69) is 15.2 Å². The quantitative estimate of drug-likeness (QED) is 0.632. The molecule has 1 aromatic rings. The van der Waals surface area contributed by atoms with Crippen molar-refractivity contribution in [2.45, 2.75) is 13.5 Å². The van der Waals surface area contributed by atoms with Crippen LogP contribution in [0.25, 0.3) is 0 Å². The number of rotatable bonds is 7. The summed E-state index contributed by atoms with van der Waals surface area (Å²) in [5.41, 5.74) is 0. The summed E-state index contributed by atoms with van der Waals surface area (Å²) in [6, 6.07) is 1.62. The topological polar surface area (TPSA) is 84.2 Å². The van der Waals surface area contributed by atoms with Crippen LogP contribution in [-0.4, -0.2) is 32.4 Å². The van der Waals surface area contributed by atoms with Gasteiger partial charge in [-0.2, -0.15) is 0 Å². The van der Waals surface area contributed by atoms with E-state index in [-0.39, 0.29) is 12.3 Å². The predicted octanol–water partition coefficient (Wildman–Crippen LogP) is -0.296. The van der Waals surface area contributed by atoms with E-state index in [1.165, 1.54) is 6.20 Å². The average Bonchev–Trinajstić information content (AvgIpc) is 2.68. The molecule has 2 N–H and O–H groups in total. The predicted molar refractivity (Wildman–Crippen MR) is 55.7 cm³/mol. The Kier molecular flexibility index (Phi) is 4.73. The first-order valence-electron chi connectivity index (χ1n) is 4.71. The van der Waals surface area contributed by atoms with Crippen molar-refractivity contribution >= 4 is 10.0 Å². The molecule has 1 aromatic heterocycles. The smallest absolute Gasteiger partial charge is 0.213 e. The lowest BCUT2D eigenvalue weighted by Crippen LogP contribution is -2.31. The molecule has 0 atom stereocenters. The van der Waals surface area contributed by atoms with Crippen LogP contribution < -0.4 is 10.0 Å². The third-order valence-corrected chi connectivity index (χ3v) is 3.08. The van der Waals surface area contributed by atoms with E-state index >= 15 is 0 Å². The number of hydrogen-bond acceptors (Lipinski definition) is 5. The molecule has 0 aromatic carbocycles. The zero-order chi connectivity index (χ0) is 11.1. The second kappa shape index (κ2) is 5.84. The molecular weight excluding hydrogens is 218 g/mol. The van der Waals surface area contributed by atoms with Crippen LogP contribution in [0, 0.1) is 0 Å². The van der Waals surface area contributed by atoms with Crippen molar-refractivity contribution in [2.24, 2.45) is 0 Å². The highest BCUT2D eigenvalue weighted by molar-refractivity contribution is 7.89. The molecule has 0 amide bonds. The van der Waals surface area contributed by atoms with Crippen molar-refractivity contribution in [1.82, 2.24) is 15.2 Å².